The van der Waals surface area contributed by atoms with E-state index < -0.39 is 0 Å². The summed E-state index contributed by atoms with van der Waals surface area (Å²) in [4.78, 5) is 24.1. The van der Waals surface area contributed by atoms with Crippen molar-refractivity contribution in [3.63, 3.8) is 0 Å². The van der Waals surface area contributed by atoms with E-state index in [4.69, 9.17) is 4.42 Å². The van der Waals surface area contributed by atoms with Crippen LogP contribution in [0.5, 0.6) is 0 Å². The Morgan fingerprint density at radius 3 is 3.00 bits per heavy atom. The largest absolute Gasteiger partial charge is 0.449 e. The maximum absolute atomic E-state index is 12.3. The molecule has 0 aliphatic rings. The number of nitrogens with one attached hydrogen (secondary N) is 1. The van der Waals surface area contributed by atoms with Gasteiger partial charge in [-0.2, -0.15) is 0 Å². The van der Waals surface area contributed by atoms with E-state index in [1.807, 2.05) is 59.3 Å². The minimum atomic E-state index is -0.259. The highest BCUT2D eigenvalue weighted by atomic mass is 32.2. The Morgan fingerprint density at radius 2 is 2.04 bits per heavy atom. The molecule has 0 bridgehead atoms. The standard InChI is InChI=1S/C18H12N4O2S/c23-17-16-15(12-6-1-2-7-13(12)24-16)20-14(21-17)10-25-18-19-9-11-5-3-4-8-22(11)18/h1-9H,10H2,(H,20,21,23). The average molecular weight is 348 g/mol. The highest BCUT2D eigenvalue weighted by Gasteiger charge is 2.13. The van der Waals surface area contributed by atoms with Crippen molar-refractivity contribution >= 4 is 39.3 Å². The normalized spacial score (nSPS) is 11.7. The fraction of sp³-hybridized carbons (Fsp3) is 0.0556. The lowest BCUT2D eigenvalue weighted by molar-refractivity contribution is 0.660. The van der Waals surface area contributed by atoms with Crippen LogP contribution in [0.3, 0.4) is 0 Å². The number of aromatic nitrogens is 4. The van der Waals surface area contributed by atoms with Crippen molar-refractivity contribution in [3.05, 3.63) is 71.0 Å². The number of hydrogen-bond donors (Lipinski definition) is 1. The molecule has 0 fully saturated rings. The predicted molar refractivity (Wildman–Crippen MR) is 96.9 cm³/mol. The summed E-state index contributed by atoms with van der Waals surface area (Å²) in [6, 6.07) is 13.5. The molecular formula is C18H12N4O2S. The van der Waals surface area contributed by atoms with Crippen LogP contribution in [0.1, 0.15) is 5.82 Å². The molecule has 6 nitrogen and oxygen atoms in total. The van der Waals surface area contributed by atoms with E-state index in [1.54, 1.807) is 0 Å². The second-order valence-corrected chi connectivity index (χ2v) is 6.56. The van der Waals surface area contributed by atoms with E-state index >= 15 is 0 Å². The zero-order valence-corrected chi connectivity index (χ0v) is 13.8. The lowest BCUT2D eigenvalue weighted by Crippen LogP contribution is -2.10. The van der Waals surface area contributed by atoms with Crippen LogP contribution in [0.25, 0.3) is 27.6 Å². The molecule has 5 rings (SSSR count). The van der Waals surface area contributed by atoms with Crippen LogP contribution in [0, 0.1) is 0 Å². The number of furan rings is 1. The molecule has 0 unspecified atom stereocenters. The van der Waals surface area contributed by atoms with Gasteiger partial charge in [-0.15, -0.1) is 0 Å². The fourth-order valence-corrected chi connectivity index (χ4v) is 3.71. The summed E-state index contributed by atoms with van der Waals surface area (Å²) in [7, 11) is 0. The summed E-state index contributed by atoms with van der Waals surface area (Å²) in [5, 5.41) is 1.71. The first-order chi connectivity index (χ1) is 12.3. The maximum atomic E-state index is 12.3. The van der Waals surface area contributed by atoms with Gasteiger partial charge in [0.15, 0.2) is 5.16 Å². The minimum Gasteiger partial charge on any atom is -0.449 e. The lowest BCUT2D eigenvalue weighted by atomic mass is 10.2. The first-order valence-corrected chi connectivity index (χ1v) is 8.73. The number of pyridine rings is 1. The molecule has 25 heavy (non-hydrogen) atoms. The van der Waals surface area contributed by atoms with Crippen LogP contribution < -0.4 is 5.56 Å². The Hall–Kier alpha value is -3.06. The van der Waals surface area contributed by atoms with Gasteiger partial charge in [-0.25, -0.2) is 9.97 Å². The lowest BCUT2D eigenvalue weighted by Gasteiger charge is -2.01. The molecule has 0 radical (unpaired) electrons. The molecule has 0 saturated carbocycles. The molecule has 5 aromatic rings. The molecule has 4 heterocycles. The van der Waals surface area contributed by atoms with Gasteiger partial charge in [0.2, 0.25) is 5.58 Å². The number of hydrogen-bond acceptors (Lipinski definition) is 5. The molecule has 0 aliphatic carbocycles. The number of fused-ring (bicyclic) bond motifs is 4. The van der Waals surface area contributed by atoms with E-state index in [1.165, 1.54) is 11.8 Å². The van der Waals surface area contributed by atoms with E-state index in [9.17, 15) is 4.79 Å². The van der Waals surface area contributed by atoms with Crippen molar-refractivity contribution < 1.29 is 4.42 Å². The molecule has 0 amide bonds. The number of aromatic amines is 1. The summed E-state index contributed by atoms with van der Waals surface area (Å²) < 4.78 is 7.63. The van der Waals surface area contributed by atoms with Gasteiger partial charge in [0.1, 0.15) is 16.9 Å². The van der Waals surface area contributed by atoms with Crippen molar-refractivity contribution in [3.8, 4) is 0 Å². The zero-order chi connectivity index (χ0) is 16.8. The number of H-pyrrole nitrogens is 1. The molecule has 0 spiro atoms. The van der Waals surface area contributed by atoms with Crippen molar-refractivity contribution in [1.82, 2.24) is 19.4 Å². The number of imidazole rings is 1. The Bertz CT molecular complexity index is 1280. The first kappa shape index (κ1) is 14.3. The maximum Gasteiger partial charge on any atom is 0.294 e. The van der Waals surface area contributed by atoms with E-state index in [0.717, 1.165) is 16.1 Å². The van der Waals surface area contributed by atoms with Gasteiger partial charge < -0.3 is 9.40 Å². The SMILES string of the molecule is O=c1[nH]c(CSc2ncc3ccccn23)nc2c1oc1ccccc12. The van der Waals surface area contributed by atoms with Gasteiger partial charge in [0.05, 0.1) is 17.5 Å². The fourth-order valence-electron chi connectivity index (χ4n) is 2.87. The number of para-hydroxylation sites is 1. The third-order valence-electron chi connectivity index (χ3n) is 4.02. The second kappa shape index (κ2) is 5.49. The van der Waals surface area contributed by atoms with Crippen LogP contribution in [0.4, 0.5) is 0 Å². The highest BCUT2D eigenvalue weighted by molar-refractivity contribution is 7.98. The van der Waals surface area contributed by atoms with Crippen molar-refractivity contribution in [2.45, 2.75) is 10.9 Å². The quantitative estimate of drug-likeness (QED) is 0.504. The Kier molecular flexibility index (Phi) is 3.14. The van der Waals surface area contributed by atoms with E-state index in [-0.39, 0.29) is 11.1 Å². The molecular weight excluding hydrogens is 336 g/mol. The molecule has 1 N–H and O–H groups in total. The summed E-state index contributed by atoms with van der Waals surface area (Å²) >= 11 is 1.52. The van der Waals surface area contributed by atoms with Crippen LogP contribution in [0.2, 0.25) is 0 Å². The number of thioether (sulfide) groups is 1. The van der Waals surface area contributed by atoms with Gasteiger partial charge in [-0.3, -0.25) is 9.20 Å². The predicted octanol–water partition coefficient (Wildman–Crippen LogP) is 3.61. The first-order valence-electron chi connectivity index (χ1n) is 7.75. The Balaban J connectivity index is 1.54. The second-order valence-electron chi connectivity index (χ2n) is 5.61. The average Bonchev–Trinajstić information content (AvgIpc) is 3.22. The van der Waals surface area contributed by atoms with Crippen molar-refractivity contribution in [1.29, 1.82) is 0 Å². The summed E-state index contributed by atoms with van der Waals surface area (Å²) in [5.41, 5.74) is 2.30. The molecule has 122 valence electrons. The van der Waals surface area contributed by atoms with Crippen LogP contribution in [-0.2, 0) is 5.75 Å². The van der Waals surface area contributed by atoms with Crippen molar-refractivity contribution in [2.24, 2.45) is 0 Å². The highest BCUT2D eigenvalue weighted by Crippen LogP contribution is 2.26. The third-order valence-corrected chi connectivity index (χ3v) is 5.00. The smallest absolute Gasteiger partial charge is 0.294 e. The molecule has 0 aliphatic heterocycles. The zero-order valence-electron chi connectivity index (χ0n) is 13.0. The Labute approximate surface area is 145 Å². The number of rotatable bonds is 3. The third kappa shape index (κ3) is 2.32. The molecule has 0 atom stereocenters. The molecule has 4 aromatic heterocycles. The Morgan fingerprint density at radius 1 is 1.16 bits per heavy atom. The summed E-state index contributed by atoms with van der Waals surface area (Å²) in [6.45, 7) is 0. The molecule has 7 heteroatoms. The van der Waals surface area contributed by atoms with Gasteiger partial charge in [-0.05, 0) is 24.3 Å². The van der Waals surface area contributed by atoms with Gasteiger partial charge >= 0.3 is 0 Å². The van der Waals surface area contributed by atoms with Gasteiger partial charge in [0.25, 0.3) is 5.56 Å². The van der Waals surface area contributed by atoms with Gasteiger partial charge in [-0.1, -0.05) is 30.0 Å². The van der Waals surface area contributed by atoms with Gasteiger partial charge in [0, 0.05) is 11.6 Å². The minimum absolute atomic E-state index is 0.259. The van der Waals surface area contributed by atoms with E-state index in [0.29, 0.717) is 22.7 Å². The molecule has 0 saturated heterocycles. The van der Waals surface area contributed by atoms with E-state index in [2.05, 4.69) is 15.0 Å². The van der Waals surface area contributed by atoms with Crippen LogP contribution in [0.15, 0.2) is 69.2 Å². The van der Waals surface area contributed by atoms with Crippen LogP contribution in [-0.4, -0.2) is 19.4 Å². The summed E-state index contributed by atoms with van der Waals surface area (Å²) in [5.74, 6) is 1.11. The molecule has 1 aromatic carbocycles. The van der Waals surface area contributed by atoms with Crippen molar-refractivity contribution in [2.75, 3.05) is 0 Å². The number of nitrogens with zero attached hydrogens (tertiary/aromatic N) is 3. The summed E-state index contributed by atoms with van der Waals surface area (Å²) in [6.07, 6.45) is 3.79. The topological polar surface area (TPSA) is 76.2 Å². The van der Waals surface area contributed by atoms with Crippen LogP contribution >= 0.6 is 11.8 Å². The number of benzene rings is 1. The monoisotopic (exact) mass is 348 g/mol.